The minimum atomic E-state index is 0.531. The van der Waals surface area contributed by atoms with Crippen LogP contribution in [-0.4, -0.2) is 4.98 Å². The van der Waals surface area contributed by atoms with Crippen molar-refractivity contribution in [3.8, 4) is 0 Å². The van der Waals surface area contributed by atoms with Crippen LogP contribution in [0.2, 0.25) is 0 Å². The van der Waals surface area contributed by atoms with Gasteiger partial charge in [-0.05, 0) is 43.2 Å². The zero-order valence-electron chi connectivity index (χ0n) is 12.3. The van der Waals surface area contributed by atoms with E-state index in [0.29, 0.717) is 6.54 Å². The van der Waals surface area contributed by atoms with Crippen LogP contribution in [0.1, 0.15) is 16.7 Å². The first-order valence-corrected chi connectivity index (χ1v) is 7.83. The molecule has 0 bridgehead atoms. The van der Waals surface area contributed by atoms with E-state index < -0.39 is 0 Å². The summed E-state index contributed by atoms with van der Waals surface area (Å²) < 4.78 is 0. The zero-order valence-corrected chi connectivity index (χ0v) is 13.1. The number of pyridine rings is 1. The highest BCUT2D eigenvalue weighted by Gasteiger charge is 2.07. The zero-order chi connectivity index (χ0) is 14.8. The van der Waals surface area contributed by atoms with Crippen molar-refractivity contribution >= 4 is 22.7 Å². The molecule has 1 heterocycles. The Bertz CT molecular complexity index is 796. The molecule has 0 fully saturated rings. The molecule has 0 aliphatic rings. The van der Waals surface area contributed by atoms with Crippen LogP contribution in [0.3, 0.4) is 0 Å². The van der Waals surface area contributed by atoms with Gasteiger partial charge in [0.05, 0.1) is 5.52 Å². The van der Waals surface area contributed by atoms with E-state index in [4.69, 9.17) is 10.7 Å². The molecule has 0 amide bonds. The molecule has 2 N–H and O–H groups in total. The Labute approximate surface area is 129 Å². The molecule has 0 saturated carbocycles. The Morgan fingerprint density at radius 1 is 1.05 bits per heavy atom. The third-order valence-corrected chi connectivity index (χ3v) is 4.64. The summed E-state index contributed by atoms with van der Waals surface area (Å²) in [5.74, 6) is 0. The van der Waals surface area contributed by atoms with Crippen LogP contribution in [0, 0.1) is 13.8 Å². The number of aromatic nitrogens is 1. The second kappa shape index (κ2) is 5.88. The van der Waals surface area contributed by atoms with Gasteiger partial charge >= 0.3 is 0 Å². The van der Waals surface area contributed by atoms with Gasteiger partial charge in [-0.2, -0.15) is 0 Å². The highest BCUT2D eigenvalue weighted by Crippen LogP contribution is 2.32. The standard InChI is InChI=1S/C18H18N2S/c1-12-7-8-17(13(2)9-12)21-18-10-14(11-19)15-5-3-4-6-16(15)20-18/h3-10H,11,19H2,1-2H3. The molecule has 2 aromatic carbocycles. The van der Waals surface area contributed by atoms with Crippen LogP contribution in [0.15, 0.2) is 58.5 Å². The van der Waals surface area contributed by atoms with E-state index in [1.165, 1.54) is 16.0 Å². The summed E-state index contributed by atoms with van der Waals surface area (Å²) >= 11 is 1.70. The molecule has 3 heteroatoms. The number of para-hydroxylation sites is 1. The van der Waals surface area contributed by atoms with Crippen LogP contribution in [0.5, 0.6) is 0 Å². The summed E-state index contributed by atoms with van der Waals surface area (Å²) in [6.07, 6.45) is 0. The molecule has 0 saturated heterocycles. The second-order valence-electron chi connectivity index (χ2n) is 5.21. The Hall–Kier alpha value is -1.84. The van der Waals surface area contributed by atoms with Crippen molar-refractivity contribution in [1.82, 2.24) is 4.98 Å². The van der Waals surface area contributed by atoms with Crippen molar-refractivity contribution < 1.29 is 0 Å². The molecule has 0 radical (unpaired) electrons. The number of benzene rings is 2. The molecular formula is C18H18N2S. The first-order chi connectivity index (χ1) is 10.2. The minimum Gasteiger partial charge on any atom is -0.326 e. The quantitative estimate of drug-likeness (QED) is 0.775. The molecule has 0 spiro atoms. The van der Waals surface area contributed by atoms with E-state index in [0.717, 1.165) is 21.5 Å². The fraction of sp³-hybridized carbons (Fsp3) is 0.167. The molecule has 0 aliphatic heterocycles. The van der Waals surface area contributed by atoms with E-state index in [-0.39, 0.29) is 0 Å². The lowest BCUT2D eigenvalue weighted by Crippen LogP contribution is -1.99. The Morgan fingerprint density at radius 2 is 1.86 bits per heavy atom. The number of hydrogen-bond donors (Lipinski definition) is 1. The number of hydrogen-bond acceptors (Lipinski definition) is 3. The lowest BCUT2D eigenvalue weighted by molar-refractivity contribution is 1.05. The van der Waals surface area contributed by atoms with Crippen molar-refractivity contribution in [1.29, 1.82) is 0 Å². The molecule has 0 atom stereocenters. The van der Waals surface area contributed by atoms with Crippen LogP contribution < -0.4 is 5.73 Å². The van der Waals surface area contributed by atoms with E-state index in [1.807, 2.05) is 18.2 Å². The van der Waals surface area contributed by atoms with Crippen molar-refractivity contribution in [2.24, 2.45) is 5.73 Å². The van der Waals surface area contributed by atoms with Crippen LogP contribution in [-0.2, 0) is 6.54 Å². The van der Waals surface area contributed by atoms with Gasteiger partial charge in [0, 0.05) is 16.8 Å². The lowest BCUT2D eigenvalue weighted by Gasteiger charge is -2.09. The summed E-state index contributed by atoms with van der Waals surface area (Å²) in [6.45, 7) is 4.78. The van der Waals surface area contributed by atoms with Crippen molar-refractivity contribution in [2.75, 3.05) is 0 Å². The van der Waals surface area contributed by atoms with Crippen LogP contribution >= 0.6 is 11.8 Å². The van der Waals surface area contributed by atoms with E-state index >= 15 is 0 Å². The molecule has 1 aromatic heterocycles. The SMILES string of the molecule is Cc1ccc(Sc2cc(CN)c3ccccc3n2)c(C)c1. The van der Waals surface area contributed by atoms with Gasteiger partial charge in [-0.15, -0.1) is 0 Å². The summed E-state index contributed by atoms with van der Waals surface area (Å²) in [7, 11) is 0. The van der Waals surface area contributed by atoms with Crippen molar-refractivity contribution in [2.45, 2.75) is 30.3 Å². The molecule has 0 aliphatic carbocycles. The molecule has 106 valence electrons. The number of rotatable bonds is 3. The highest BCUT2D eigenvalue weighted by atomic mass is 32.2. The van der Waals surface area contributed by atoms with E-state index in [9.17, 15) is 0 Å². The van der Waals surface area contributed by atoms with Gasteiger partial charge < -0.3 is 5.73 Å². The summed E-state index contributed by atoms with van der Waals surface area (Å²) in [6, 6.07) is 16.8. The maximum absolute atomic E-state index is 5.89. The van der Waals surface area contributed by atoms with Gasteiger partial charge in [0.25, 0.3) is 0 Å². The van der Waals surface area contributed by atoms with Gasteiger partial charge in [0.15, 0.2) is 0 Å². The van der Waals surface area contributed by atoms with Crippen LogP contribution in [0.25, 0.3) is 10.9 Å². The summed E-state index contributed by atoms with van der Waals surface area (Å²) in [5.41, 5.74) is 10.6. The van der Waals surface area contributed by atoms with Gasteiger partial charge in [0.1, 0.15) is 5.03 Å². The fourth-order valence-electron chi connectivity index (χ4n) is 2.47. The average Bonchev–Trinajstić information content (AvgIpc) is 2.49. The molecule has 0 unspecified atom stereocenters. The Morgan fingerprint density at radius 3 is 2.62 bits per heavy atom. The summed E-state index contributed by atoms with van der Waals surface area (Å²) in [5, 5.41) is 2.14. The maximum Gasteiger partial charge on any atom is 0.102 e. The van der Waals surface area contributed by atoms with E-state index in [1.54, 1.807) is 11.8 Å². The monoisotopic (exact) mass is 294 g/mol. The molecule has 3 rings (SSSR count). The van der Waals surface area contributed by atoms with Crippen molar-refractivity contribution in [3.05, 3.63) is 65.2 Å². The largest absolute Gasteiger partial charge is 0.326 e. The number of aryl methyl sites for hydroxylation is 2. The van der Waals surface area contributed by atoms with Gasteiger partial charge in [-0.3, -0.25) is 0 Å². The number of nitrogens with zero attached hydrogens (tertiary/aromatic N) is 1. The Balaban J connectivity index is 2.04. The van der Waals surface area contributed by atoms with Gasteiger partial charge in [0.2, 0.25) is 0 Å². The average molecular weight is 294 g/mol. The third kappa shape index (κ3) is 2.94. The number of nitrogens with two attached hydrogens (primary N) is 1. The molecule has 2 nitrogen and oxygen atoms in total. The molecule has 21 heavy (non-hydrogen) atoms. The van der Waals surface area contributed by atoms with Gasteiger partial charge in [-0.25, -0.2) is 4.98 Å². The number of fused-ring (bicyclic) bond motifs is 1. The lowest BCUT2D eigenvalue weighted by atomic mass is 10.1. The van der Waals surface area contributed by atoms with Gasteiger partial charge in [-0.1, -0.05) is 47.7 Å². The smallest absolute Gasteiger partial charge is 0.102 e. The second-order valence-corrected chi connectivity index (χ2v) is 6.27. The minimum absolute atomic E-state index is 0.531. The first kappa shape index (κ1) is 14.1. The topological polar surface area (TPSA) is 38.9 Å². The fourth-order valence-corrected chi connectivity index (χ4v) is 3.39. The predicted octanol–water partition coefficient (Wildman–Crippen LogP) is 4.46. The first-order valence-electron chi connectivity index (χ1n) is 7.01. The summed E-state index contributed by atoms with van der Waals surface area (Å²) in [4.78, 5) is 5.99. The molecular weight excluding hydrogens is 276 g/mol. The highest BCUT2D eigenvalue weighted by molar-refractivity contribution is 7.99. The maximum atomic E-state index is 5.89. The van der Waals surface area contributed by atoms with E-state index in [2.05, 4.69) is 44.2 Å². The Kier molecular flexibility index (Phi) is 3.95. The molecule has 3 aromatic rings. The van der Waals surface area contributed by atoms with Crippen LogP contribution in [0.4, 0.5) is 0 Å². The normalized spacial score (nSPS) is 11.0. The predicted molar refractivity (Wildman–Crippen MR) is 89.7 cm³/mol. The van der Waals surface area contributed by atoms with Crippen molar-refractivity contribution in [3.63, 3.8) is 0 Å². The third-order valence-electron chi connectivity index (χ3n) is 3.54.